The van der Waals surface area contributed by atoms with Crippen LogP contribution in [0.4, 0.5) is 0 Å². The van der Waals surface area contributed by atoms with Crippen molar-refractivity contribution in [3.63, 3.8) is 0 Å². The minimum absolute atomic E-state index is 0.141. The standard InChI is InChI=1S/C26H26N4O4S/c1-26(21-12-18(14-35-21)16-8-6-7-15(9-16)13-27)22(24(31)30(2)25(28)29-26)17-10-19(32-3)23(34-5)20(11-17)33-4/h6-12,14,22H,1-5H3,(H2,28,29)/t22?,26-/m1/s1. The number of nitriles is 1. The van der Waals surface area contributed by atoms with Crippen molar-refractivity contribution in [3.8, 4) is 34.4 Å². The van der Waals surface area contributed by atoms with Gasteiger partial charge in [-0.3, -0.25) is 9.69 Å². The summed E-state index contributed by atoms with van der Waals surface area (Å²) in [5, 5.41) is 11.3. The number of aliphatic imine (C=N–C) groups is 1. The number of benzene rings is 2. The molecule has 1 aromatic heterocycles. The number of ether oxygens (including phenoxy) is 3. The highest BCUT2D eigenvalue weighted by Gasteiger charge is 2.48. The van der Waals surface area contributed by atoms with E-state index in [2.05, 4.69) is 6.07 Å². The summed E-state index contributed by atoms with van der Waals surface area (Å²) in [6, 6.07) is 15.1. The quantitative estimate of drug-likeness (QED) is 0.557. The molecule has 0 spiro atoms. The molecule has 3 aromatic rings. The average molecular weight is 491 g/mol. The topological polar surface area (TPSA) is 110 Å². The molecule has 1 unspecified atom stereocenters. The highest BCUT2D eigenvalue weighted by molar-refractivity contribution is 7.10. The molecule has 35 heavy (non-hydrogen) atoms. The summed E-state index contributed by atoms with van der Waals surface area (Å²) in [4.78, 5) is 20.7. The normalized spacial score (nSPS) is 19.7. The Morgan fingerprint density at radius 3 is 2.37 bits per heavy atom. The van der Waals surface area contributed by atoms with Crippen molar-refractivity contribution in [1.29, 1.82) is 5.26 Å². The third kappa shape index (κ3) is 4.06. The molecule has 9 heteroatoms. The van der Waals surface area contributed by atoms with Gasteiger partial charge in [0.15, 0.2) is 17.5 Å². The number of hydrogen-bond acceptors (Lipinski definition) is 8. The number of likely N-dealkylation sites (N-methyl/N-ethyl adjacent to an activating group) is 1. The first-order valence-corrected chi connectivity index (χ1v) is 11.7. The molecule has 1 amide bonds. The molecule has 0 radical (unpaired) electrons. The van der Waals surface area contributed by atoms with Crippen LogP contribution in [-0.4, -0.2) is 45.1 Å². The maximum absolute atomic E-state index is 13.7. The molecule has 4 rings (SSSR count). The first-order chi connectivity index (χ1) is 16.8. The van der Waals surface area contributed by atoms with Crippen LogP contribution < -0.4 is 19.9 Å². The summed E-state index contributed by atoms with van der Waals surface area (Å²) in [6.45, 7) is 1.90. The van der Waals surface area contributed by atoms with Crippen LogP contribution in [0.25, 0.3) is 11.1 Å². The van der Waals surface area contributed by atoms with Crippen molar-refractivity contribution >= 4 is 23.2 Å². The van der Waals surface area contributed by atoms with Gasteiger partial charge in [-0.05, 0) is 59.3 Å². The second-order valence-corrected chi connectivity index (χ2v) is 9.21. The molecule has 2 atom stereocenters. The zero-order chi connectivity index (χ0) is 25.3. The SMILES string of the molecule is COc1cc(C2C(=O)N(C)C(N)=N[C@]2(C)c2cc(-c3cccc(C#N)c3)cs2)cc(OC)c1OC. The number of carbonyl (C=O) groups is 1. The van der Waals surface area contributed by atoms with Crippen molar-refractivity contribution in [1.82, 2.24) is 4.90 Å². The van der Waals surface area contributed by atoms with E-state index < -0.39 is 11.5 Å². The van der Waals surface area contributed by atoms with E-state index in [1.165, 1.54) is 37.6 Å². The van der Waals surface area contributed by atoms with Gasteiger partial charge in [0, 0.05) is 11.9 Å². The molecule has 2 heterocycles. The van der Waals surface area contributed by atoms with Crippen LogP contribution in [0.5, 0.6) is 17.2 Å². The second kappa shape index (κ2) is 9.31. The number of nitrogens with zero attached hydrogens (tertiary/aromatic N) is 3. The molecule has 1 aliphatic rings. The summed E-state index contributed by atoms with van der Waals surface area (Å²) < 4.78 is 16.5. The maximum atomic E-state index is 13.7. The third-order valence-electron chi connectivity index (χ3n) is 6.27. The lowest BCUT2D eigenvalue weighted by Gasteiger charge is -2.40. The Kier molecular flexibility index (Phi) is 6.41. The fourth-order valence-electron chi connectivity index (χ4n) is 4.38. The van der Waals surface area contributed by atoms with Gasteiger partial charge in [0.2, 0.25) is 11.7 Å². The number of thiophene rings is 1. The number of methoxy groups -OCH3 is 3. The second-order valence-electron chi connectivity index (χ2n) is 8.30. The zero-order valence-electron chi connectivity index (χ0n) is 20.2. The molecule has 2 aromatic carbocycles. The Balaban J connectivity index is 1.89. The van der Waals surface area contributed by atoms with E-state index in [1.807, 2.05) is 36.6 Å². The minimum atomic E-state index is -0.992. The van der Waals surface area contributed by atoms with Crippen LogP contribution in [0.3, 0.4) is 0 Å². The van der Waals surface area contributed by atoms with Gasteiger partial charge in [0.25, 0.3) is 0 Å². The smallest absolute Gasteiger partial charge is 0.239 e. The Labute approximate surface area is 208 Å². The average Bonchev–Trinajstić information content (AvgIpc) is 3.38. The van der Waals surface area contributed by atoms with E-state index in [0.717, 1.165) is 16.0 Å². The molecule has 0 fully saturated rings. The van der Waals surface area contributed by atoms with Crippen LogP contribution in [0.1, 0.15) is 28.8 Å². The summed E-state index contributed by atoms with van der Waals surface area (Å²) in [5.41, 5.74) is 8.29. The van der Waals surface area contributed by atoms with Gasteiger partial charge in [0.1, 0.15) is 5.54 Å². The van der Waals surface area contributed by atoms with Gasteiger partial charge in [-0.15, -0.1) is 11.3 Å². The highest BCUT2D eigenvalue weighted by Crippen LogP contribution is 2.50. The number of rotatable bonds is 6. The molecule has 180 valence electrons. The summed E-state index contributed by atoms with van der Waals surface area (Å²) in [6.07, 6.45) is 0. The number of carbonyl (C=O) groups excluding carboxylic acids is 1. The molecule has 2 N–H and O–H groups in total. The lowest BCUT2D eigenvalue weighted by molar-refractivity contribution is -0.130. The monoisotopic (exact) mass is 490 g/mol. The van der Waals surface area contributed by atoms with Gasteiger partial charge in [-0.2, -0.15) is 5.26 Å². The van der Waals surface area contributed by atoms with Crippen molar-refractivity contribution < 1.29 is 19.0 Å². The Morgan fingerprint density at radius 2 is 1.77 bits per heavy atom. The van der Waals surface area contributed by atoms with Crippen molar-refractivity contribution in [2.45, 2.75) is 18.4 Å². The summed E-state index contributed by atoms with van der Waals surface area (Å²) in [5.74, 6) is 0.573. The van der Waals surface area contributed by atoms with Crippen molar-refractivity contribution in [2.75, 3.05) is 28.4 Å². The van der Waals surface area contributed by atoms with Crippen molar-refractivity contribution in [3.05, 3.63) is 63.8 Å². The van der Waals surface area contributed by atoms with E-state index in [-0.39, 0.29) is 11.9 Å². The van der Waals surface area contributed by atoms with Crippen LogP contribution >= 0.6 is 11.3 Å². The van der Waals surface area contributed by atoms with Crippen LogP contribution in [0.2, 0.25) is 0 Å². The maximum Gasteiger partial charge on any atom is 0.239 e. The van der Waals surface area contributed by atoms with Crippen LogP contribution in [0.15, 0.2) is 52.8 Å². The summed E-state index contributed by atoms with van der Waals surface area (Å²) >= 11 is 1.49. The molecule has 0 bridgehead atoms. The lowest BCUT2D eigenvalue weighted by atomic mass is 9.77. The number of guanidine groups is 1. The van der Waals surface area contributed by atoms with Gasteiger partial charge < -0.3 is 19.9 Å². The van der Waals surface area contributed by atoms with E-state index in [1.54, 1.807) is 25.2 Å². The lowest BCUT2D eigenvalue weighted by Crippen LogP contribution is -2.52. The third-order valence-corrected chi connectivity index (χ3v) is 7.43. The number of amides is 1. The first kappa shape index (κ1) is 24.1. The Morgan fingerprint density at radius 1 is 1.09 bits per heavy atom. The van der Waals surface area contributed by atoms with Gasteiger partial charge in [-0.25, -0.2) is 4.99 Å². The van der Waals surface area contributed by atoms with E-state index >= 15 is 0 Å². The summed E-state index contributed by atoms with van der Waals surface area (Å²) in [7, 11) is 6.21. The molecule has 0 saturated carbocycles. The number of hydrogen-bond donors (Lipinski definition) is 1. The van der Waals surface area contributed by atoms with Gasteiger partial charge in [0.05, 0.1) is 38.9 Å². The first-order valence-electron chi connectivity index (χ1n) is 10.8. The molecule has 0 aliphatic carbocycles. The van der Waals surface area contributed by atoms with Gasteiger partial charge in [-0.1, -0.05) is 12.1 Å². The molecule has 1 aliphatic heterocycles. The fourth-order valence-corrected chi connectivity index (χ4v) is 5.43. The molecule has 8 nitrogen and oxygen atoms in total. The minimum Gasteiger partial charge on any atom is -0.493 e. The van der Waals surface area contributed by atoms with Crippen molar-refractivity contribution in [2.24, 2.45) is 10.7 Å². The predicted octanol–water partition coefficient (Wildman–Crippen LogP) is 4.10. The Hall–Kier alpha value is -4.03. The fraction of sp³-hybridized carbons (Fsp3) is 0.269. The van der Waals surface area contributed by atoms with E-state index in [9.17, 15) is 10.1 Å². The molecule has 0 saturated heterocycles. The molecular formula is C26H26N4O4S. The van der Waals surface area contributed by atoms with Crippen LogP contribution in [0, 0.1) is 11.3 Å². The largest absolute Gasteiger partial charge is 0.493 e. The van der Waals surface area contributed by atoms with Crippen LogP contribution in [-0.2, 0) is 10.3 Å². The predicted molar refractivity (Wildman–Crippen MR) is 135 cm³/mol. The zero-order valence-corrected chi connectivity index (χ0v) is 21.0. The Bertz CT molecular complexity index is 1330. The van der Waals surface area contributed by atoms with E-state index in [0.29, 0.717) is 28.4 Å². The highest BCUT2D eigenvalue weighted by atomic mass is 32.1. The number of nitrogens with two attached hydrogens (primary N) is 1. The van der Waals surface area contributed by atoms with Gasteiger partial charge >= 0.3 is 0 Å². The molecular weight excluding hydrogens is 464 g/mol. The van der Waals surface area contributed by atoms with E-state index in [4.69, 9.17) is 24.9 Å².